The average Bonchev–Trinajstić information content (AvgIpc) is 3.18. The lowest BCUT2D eigenvalue weighted by atomic mass is 10.3. The maximum atomic E-state index is 12.4. The molecule has 2 amide bonds. The SMILES string of the molecule is COCCN(Cc1cnn(C)c1)C(=O)NCc1noc(C2CC2)n1. The van der Waals surface area contributed by atoms with E-state index in [1.165, 1.54) is 0 Å². The predicted molar refractivity (Wildman–Crippen MR) is 84.0 cm³/mol. The monoisotopic (exact) mass is 334 g/mol. The van der Waals surface area contributed by atoms with E-state index in [9.17, 15) is 4.79 Å². The zero-order valence-corrected chi connectivity index (χ0v) is 13.9. The Hall–Kier alpha value is -2.42. The van der Waals surface area contributed by atoms with Crippen molar-refractivity contribution in [2.75, 3.05) is 20.3 Å². The number of urea groups is 1. The van der Waals surface area contributed by atoms with Gasteiger partial charge in [-0.1, -0.05) is 5.16 Å². The topological polar surface area (TPSA) is 98.3 Å². The Morgan fingerprint density at radius 2 is 2.38 bits per heavy atom. The van der Waals surface area contributed by atoms with Crippen molar-refractivity contribution < 1.29 is 14.1 Å². The summed E-state index contributed by atoms with van der Waals surface area (Å²) >= 11 is 0. The molecule has 0 aliphatic heterocycles. The molecule has 24 heavy (non-hydrogen) atoms. The number of amides is 2. The summed E-state index contributed by atoms with van der Waals surface area (Å²) in [6, 6.07) is -0.200. The first kappa shape index (κ1) is 16.4. The number of hydrogen-bond donors (Lipinski definition) is 1. The molecule has 0 atom stereocenters. The highest BCUT2D eigenvalue weighted by Crippen LogP contribution is 2.38. The fourth-order valence-corrected chi connectivity index (χ4v) is 2.33. The zero-order chi connectivity index (χ0) is 16.9. The van der Waals surface area contributed by atoms with E-state index in [1.807, 2.05) is 13.2 Å². The molecule has 0 radical (unpaired) electrons. The van der Waals surface area contributed by atoms with Gasteiger partial charge in [-0.2, -0.15) is 10.1 Å². The summed E-state index contributed by atoms with van der Waals surface area (Å²) in [5, 5.41) is 10.9. The number of methoxy groups -OCH3 is 1. The summed E-state index contributed by atoms with van der Waals surface area (Å²) in [6.07, 6.45) is 5.83. The van der Waals surface area contributed by atoms with Gasteiger partial charge in [0.25, 0.3) is 0 Å². The summed E-state index contributed by atoms with van der Waals surface area (Å²) in [6.45, 7) is 1.65. The lowest BCUT2D eigenvalue weighted by Crippen LogP contribution is -2.41. The van der Waals surface area contributed by atoms with Crippen LogP contribution in [0.15, 0.2) is 16.9 Å². The smallest absolute Gasteiger partial charge is 0.318 e. The molecule has 0 saturated heterocycles. The van der Waals surface area contributed by atoms with E-state index in [0.29, 0.717) is 37.3 Å². The van der Waals surface area contributed by atoms with Gasteiger partial charge in [0.1, 0.15) is 0 Å². The van der Waals surface area contributed by atoms with Gasteiger partial charge in [-0.25, -0.2) is 4.79 Å². The molecule has 2 aromatic heterocycles. The highest BCUT2D eigenvalue weighted by atomic mass is 16.5. The van der Waals surface area contributed by atoms with Crippen LogP contribution >= 0.6 is 0 Å². The minimum atomic E-state index is -0.200. The summed E-state index contributed by atoms with van der Waals surface area (Å²) in [5.74, 6) is 1.58. The van der Waals surface area contributed by atoms with Crippen molar-refractivity contribution in [3.63, 3.8) is 0 Å². The fourth-order valence-electron chi connectivity index (χ4n) is 2.33. The number of carbonyl (C=O) groups is 1. The molecular weight excluding hydrogens is 312 g/mol. The highest BCUT2D eigenvalue weighted by Gasteiger charge is 2.29. The van der Waals surface area contributed by atoms with Crippen LogP contribution < -0.4 is 5.32 Å². The maximum Gasteiger partial charge on any atom is 0.318 e. The van der Waals surface area contributed by atoms with Gasteiger partial charge in [-0.3, -0.25) is 4.68 Å². The van der Waals surface area contributed by atoms with Gasteiger partial charge in [-0.05, 0) is 12.8 Å². The van der Waals surface area contributed by atoms with Crippen LogP contribution in [0.3, 0.4) is 0 Å². The lowest BCUT2D eigenvalue weighted by Gasteiger charge is -2.21. The number of hydrogen-bond acceptors (Lipinski definition) is 6. The number of ether oxygens (including phenoxy) is 1. The highest BCUT2D eigenvalue weighted by molar-refractivity contribution is 5.74. The van der Waals surface area contributed by atoms with Crippen LogP contribution in [0.4, 0.5) is 4.79 Å². The third-order valence-corrected chi connectivity index (χ3v) is 3.79. The molecule has 3 rings (SSSR count). The Kier molecular flexibility index (Phi) is 5.09. The summed E-state index contributed by atoms with van der Waals surface area (Å²) in [5.41, 5.74) is 0.958. The Labute approximate surface area is 140 Å². The van der Waals surface area contributed by atoms with Crippen LogP contribution in [0.25, 0.3) is 0 Å². The fraction of sp³-hybridized carbons (Fsp3) is 0.600. The van der Waals surface area contributed by atoms with Gasteiger partial charge in [0, 0.05) is 38.4 Å². The summed E-state index contributed by atoms with van der Waals surface area (Å²) < 4.78 is 12.0. The first-order valence-electron chi connectivity index (χ1n) is 7.97. The number of rotatable bonds is 8. The van der Waals surface area contributed by atoms with Crippen LogP contribution in [0.5, 0.6) is 0 Å². The Morgan fingerprint density at radius 1 is 1.54 bits per heavy atom. The molecule has 9 heteroatoms. The molecule has 0 spiro atoms. The minimum Gasteiger partial charge on any atom is -0.383 e. The van der Waals surface area contributed by atoms with E-state index in [2.05, 4.69) is 20.6 Å². The van der Waals surface area contributed by atoms with E-state index >= 15 is 0 Å². The third-order valence-electron chi connectivity index (χ3n) is 3.79. The van der Waals surface area contributed by atoms with Crippen molar-refractivity contribution in [1.82, 2.24) is 30.1 Å². The van der Waals surface area contributed by atoms with E-state index in [4.69, 9.17) is 9.26 Å². The molecule has 1 aliphatic carbocycles. The number of nitrogens with one attached hydrogen (secondary N) is 1. The van der Waals surface area contributed by atoms with Gasteiger partial charge in [0.2, 0.25) is 5.89 Å². The average molecular weight is 334 g/mol. The first-order chi connectivity index (χ1) is 11.7. The number of aromatic nitrogens is 4. The molecule has 130 valence electrons. The van der Waals surface area contributed by atoms with Crippen LogP contribution in [0.1, 0.15) is 36.0 Å². The van der Waals surface area contributed by atoms with E-state index in [1.54, 1.807) is 22.9 Å². The van der Waals surface area contributed by atoms with Crippen molar-refractivity contribution >= 4 is 6.03 Å². The third kappa shape index (κ3) is 4.31. The minimum absolute atomic E-state index is 0.200. The molecule has 2 heterocycles. The molecule has 1 saturated carbocycles. The lowest BCUT2D eigenvalue weighted by molar-refractivity contribution is 0.146. The van der Waals surface area contributed by atoms with Crippen molar-refractivity contribution in [1.29, 1.82) is 0 Å². The molecular formula is C15H22N6O3. The van der Waals surface area contributed by atoms with Crippen molar-refractivity contribution in [2.24, 2.45) is 7.05 Å². The van der Waals surface area contributed by atoms with E-state index in [-0.39, 0.29) is 12.6 Å². The van der Waals surface area contributed by atoms with Crippen LogP contribution in [0.2, 0.25) is 0 Å². The summed E-state index contributed by atoms with van der Waals surface area (Å²) in [7, 11) is 3.45. The molecule has 0 aromatic carbocycles. The Morgan fingerprint density at radius 3 is 3.04 bits per heavy atom. The van der Waals surface area contributed by atoms with Gasteiger partial charge in [0.05, 0.1) is 25.9 Å². The predicted octanol–water partition coefficient (Wildman–Crippen LogP) is 1.04. The molecule has 1 N–H and O–H groups in total. The molecule has 1 aliphatic rings. The van der Waals surface area contributed by atoms with Crippen LogP contribution in [-0.2, 0) is 24.9 Å². The zero-order valence-electron chi connectivity index (χ0n) is 13.9. The first-order valence-corrected chi connectivity index (χ1v) is 7.97. The second-order valence-electron chi connectivity index (χ2n) is 5.92. The van der Waals surface area contributed by atoms with Crippen molar-refractivity contribution in [3.8, 4) is 0 Å². The second-order valence-corrected chi connectivity index (χ2v) is 5.92. The second kappa shape index (κ2) is 7.43. The van der Waals surface area contributed by atoms with Crippen molar-refractivity contribution in [2.45, 2.75) is 31.8 Å². The standard InChI is InChI=1S/C15H22N6O3/c1-20-9-11(7-17-20)10-21(5-6-23-2)15(22)16-8-13-18-14(24-19-13)12-3-4-12/h7,9,12H,3-6,8,10H2,1-2H3,(H,16,22). The number of nitrogens with zero attached hydrogens (tertiary/aromatic N) is 5. The van der Waals surface area contributed by atoms with Gasteiger partial charge < -0.3 is 19.5 Å². The van der Waals surface area contributed by atoms with Crippen LogP contribution in [0, 0.1) is 0 Å². The van der Waals surface area contributed by atoms with E-state index in [0.717, 1.165) is 18.4 Å². The molecule has 0 unspecified atom stereocenters. The van der Waals surface area contributed by atoms with Crippen molar-refractivity contribution in [3.05, 3.63) is 29.7 Å². The maximum absolute atomic E-state index is 12.4. The van der Waals surface area contributed by atoms with Crippen LogP contribution in [-0.4, -0.2) is 51.1 Å². The largest absolute Gasteiger partial charge is 0.383 e. The Balaban J connectivity index is 1.55. The number of carbonyl (C=O) groups excluding carboxylic acids is 1. The molecule has 1 fully saturated rings. The normalized spacial score (nSPS) is 13.9. The van der Waals surface area contributed by atoms with E-state index < -0.39 is 0 Å². The quantitative estimate of drug-likeness (QED) is 0.774. The Bertz CT molecular complexity index is 678. The van der Waals surface area contributed by atoms with Gasteiger partial charge in [0.15, 0.2) is 5.82 Å². The van der Waals surface area contributed by atoms with Gasteiger partial charge in [-0.15, -0.1) is 0 Å². The van der Waals surface area contributed by atoms with Gasteiger partial charge >= 0.3 is 6.03 Å². The molecule has 2 aromatic rings. The number of aryl methyl sites for hydroxylation is 1. The summed E-state index contributed by atoms with van der Waals surface area (Å²) in [4.78, 5) is 18.4. The molecule has 9 nitrogen and oxygen atoms in total. The molecule has 0 bridgehead atoms.